The fraction of sp³-hybridized carbons (Fsp3) is 0.263. The fourth-order valence-electron chi connectivity index (χ4n) is 2.46. The molecule has 0 aliphatic heterocycles. The Balaban J connectivity index is 2.00. The minimum atomic E-state index is 0.167. The van der Waals surface area contributed by atoms with Crippen LogP contribution >= 0.6 is 0 Å². The standard InChI is InChI=1S/C19H20N2O5/c1-12-15(22)5-4-6-16(12)26-19-11-20-21-14-10-18(25-8-7-23-2)17(24-3)9-13(14)19/h4-6,9-11,22H,7-8H2,1-3H3. The van der Waals surface area contributed by atoms with E-state index in [9.17, 15) is 5.11 Å². The molecule has 7 heteroatoms. The molecule has 0 unspecified atom stereocenters. The Kier molecular flexibility index (Phi) is 5.38. The van der Waals surface area contributed by atoms with E-state index in [4.69, 9.17) is 18.9 Å². The summed E-state index contributed by atoms with van der Waals surface area (Å²) >= 11 is 0. The third-order valence-electron chi connectivity index (χ3n) is 3.91. The first-order chi connectivity index (χ1) is 12.6. The number of nitrogens with zero attached hydrogens (tertiary/aromatic N) is 2. The molecule has 136 valence electrons. The summed E-state index contributed by atoms with van der Waals surface area (Å²) in [4.78, 5) is 0. The van der Waals surface area contributed by atoms with E-state index in [0.29, 0.717) is 47.3 Å². The molecule has 1 aromatic heterocycles. The Hall–Kier alpha value is -3.06. The van der Waals surface area contributed by atoms with Gasteiger partial charge in [0, 0.05) is 18.7 Å². The van der Waals surface area contributed by atoms with Gasteiger partial charge in [0.1, 0.15) is 23.6 Å². The Morgan fingerprint density at radius 2 is 1.85 bits per heavy atom. The Morgan fingerprint density at radius 3 is 2.62 bits per heavy atom. The highest BCUT2D eigenvalue weighted by Gasteiger charge is 2.14. The highest BCUT2D eigenvalue weighted by atomic mass is 16.5. The second-order valence-electron chi connectivity index (χ2n) is 5.57. The molecule has 0 bridgehead atoms. The summed E-state index contributed by atoms with van der Waals surface area (Å²) in [5.74, 6) is 2.32. The average molecular weight is 356 g/mol. The molecule has 0 aliphatic carbocycles. The maximum Gasteiger partial charge on any atom is 0.163 e. The van der Waals surface area contributed by atoms with Crippen LogP contribution < -0.4 is 14.2 Å². The molecule has 2 aromatic carbocycles. The molecule has 0 saturated heterocycles. The number of methoxy groups -OCH3 is 2. The van der Waals surface area contributed by atoms with Crippen LogP contribution in [0.2, 0.25) is 0 Å². The Bertz CT molecular complexity index is 914. The van der Waals surface area contributed by atoms with E-state index in [1.54, 1.807) is 51.5 Å². The maximum absolute atomic E-state index is 9.86. The zero-order valence-corrected chi connectivity index (χ0v) is 14.9. The van der Waals surface area contributed by atoms with Crippen LogP contribution in [0.25, 0.3) is 10.9 Å². The van der Waals surface area contributed by atoms with Gasteiger partial charge in [-0.1, -0.05) is 6.07 Å². The molecule has 1 N–H and O–H groups in total. The van der Waals surface area contributed by atoms with E-state index in [-0.39, 0.29) is 5.75 Å². The van der Waals surface area contributed by atoms with Crippen LogP contribution in [0.1, 0.15) is 5.56 Å². The lowest BCUT2D eigenvalue weighted by atomic mass is 10.2. The summed E-state index contributed by atoms with van der Waals surface area (Å²) in [5.41, 5.74) is 1.25. The molecule has 0 amide bonds. The van der Waals surface area contributed by atoms with Crippen LogP contribution in [-0.2, 0) is 4.74 Å². The summed E-state index contributed by atoms with van der Waals surface area (Å²) in [6.45, 7) is 2.64. The van der Waals surface area contributed by atoms with Gasteiger partial charge in [-0.2, -0.15) is 10.2 Å². The van der Waals surface area contributed by atoms with Crippen molar-refractivity contribution in [3.63, 3.8) is 0 Å². The molecule has 3 rings (SSSR count). The predicted octanol–water partition coefficient (Wildman–Crippen LogP) is 3.47. The lowest BCUT2D eigenvalue weighted by molar-refractivity contribution is 0.144. The van der Waals surface area contributed by atoms with Gasteiger partial charge in [-0.25, -0.2) is 0 Å². The van der Waals surface area contributed by atoms with E-state index in [0.717, 1.165) is 5.39 Å². The first kappa shape index (κ1) is 17.8. The number of aromatic hydroxyl groups is 1. The van der Waals surface area contributed by atoms with Gasteiger partial charge in [-0.05, 0) is 25.1 Å². The monoisotopic (exact) mass is 356 g/mol. The van der Waals surface area contributed by atoms with E-state index in [2.05, 4.69) is 10.2 Å². The van der Waals surface area contributed by atoms with Crippen LogP contribution in [0.5, 0.6) is 28.7 Å². The third kappa shape index (κ3) is 3.62. The SMILES string of the molecule is COCCOc1cc2nncc(Oc3cccc(O)c3C)c2cc1OC. The number of phenolic OH excluding ortho intramolecular Hbond substituents is 1. The van der Waals surface area contributed by atoms with Crippen molar-refractivity contribution in [2.45, 2.75) is 6.92 Å². The minimum absolute atomic E-state index is 0.167. The summed E-state index contributed by atoms with van der Waals surface area (Å²) < 4.78 is 22.1. The lowest BCUT2D eigenvalue weighted by Crippen LogP contribution is -2.05. The molecule has 1 heterocycles. The van der Waals surface area contributed by atoms with Crippen molar-refractivity contribution < 1.29 is 24.1 Å². The zero-order valence-electron chi connectivity index (χ0n) is 14.9. The first-order valence-corrected chi connectivity index (χ1v) is 8.05. The minimum Gasteiger partial charge on any atom is -0.508 e. The number of fused-ring (bicyclic) bond motifs is 1. The van der Waals surface area contributed by atoms with Crippen LogP contribution in [0.3, 0.4) is 0 Å². The van der Waals surface area contributed by atoms with Crippen molar-refractivity contribution in [2.75, 3.05) is 27.4 Å². The molecular formula is C19H20N2O5. The highest BCUT2D eigenvalue weighted by Crippen LogP contribution is 2.38. The predicted molar refractivity (Wildman–Crippen MR) is 96.4 cm³/mol. The van der Waals surface area contributed by atoms with E-state index in [1.807, 2.05) is 0 Å². The smallest absolute Gasteiger partial charge is 0.163 e. The fourth-order valence-corrected chi connectivity index (χ4v) is 2.46. The number of hydrogen-bond donors (Lipinski definition) is 1. The molecule has 0 fully saturated rings. The lowest BCUT2D eigenvalue weighted by Gasteiger charge is -2.14. The molecule has 0 radical (unpaired) electrons. The molecule has 0 saturated carbocycles. The van der Waals surface area contributed by atoms with E-state index in [1.165, 1.54) is 6.20 Å². The number of phenols is 1. The molecule has 0 atom stereocenters. The topological polar surface area (TPSA) is 82.9 Å². The molecule has 7 nitrogen and oxygen atoms in total. The van der Waals surface area contributed by atoms with Crippen molar-refractivity contribution in [3.05, 3.63) is 42.1 Å². The Labute approximate surface area is 151 Å². The molecule has 0 spiro atoms. The van der Waals surface area contributed by atoms with Crippen LogP contribution in [0.15, 0.2) is 36.5 Å². The van der Waals surface area contributed by atoms with Gasteiger partial charge in [0.15, 0.2) is 17.2 Å². The van der Waals surface area contributed by atoms with Crippen molar-refractivity contribution in [2.24, 2.45) is 0 Å². The second kappa shape index (κ2) is 7.88. The molecule has 3 aromatic rings. The van der Waals surface area contributed by atoms with Gasteiger partial charge in [-0.15, -0.1) is 0 Å². The van der Waals surface area contributed by atoms with Crippen molar-refractivity contribution >= 4 is 10.9 Å². The number of hydrogen-bond acceptors (Lipinski definition) is 7. The van der Waals surface area contributed by atoms with E-state index >= 15 is 0 Å². The number of benzene rings is 2. The zero-order chi connectivity index (χ0) is 18.5. The van der Waals surface area contributed by atoms with Crippen molar-refractivity contribution in [3.8, 4) is 28.7 Å². The first-order valence-electron chi connectivity index (χ1n) is 8.05. The summed E-state index contributed by atoms with van der Waals surface area (Å²) in [7, 11) is 3.18. The molecular weight excluding hydrogens is 336 g/mol. The van der Waals surface area contributed by atoms with Gasteiger partial charge >= 0.3 is 0 Å². The maximum atomic E-state index is 9.86. The van der Waals surface area contributed by atoms with Gasteiger partial charge in [-0.3, -0.25) is 0 Å². The van der Waals surface area contributed by atoms with Gasteiger partial charge in [0.2, 0.25) is 0 Å². The Morgan fingerprint density at radius 1 is 1.00 bits per heavy atom. The summed E-state index contributed by atoms with van der Waals surface area (Å²) in [5, 5.41) is 18.7. The van der Waals surface area contributed by atoms with Crippen LogP contribution in [0.4, 0.5) is 0 Å². The van der Waals surface area contributed by atoms with E-state index < -0.39 is 0 Å². The van der Waals surface area contributed by atoms with Gasteiger partial charge in [0.25, 0.3) is 0 Å². The average Bonchev–Trinajstić information content (AvgIpc) is 2.65. The number of aromatic nitrogens is 2. The normalized spacial score (nSPS) is 10.7. The number of ether oxygens (including phenoxy) is 4. The summed E-state index contributed by atoms with van der Waals surface area (Å²) in [6.07, 6.45) is 1.52. The third-order valence-corrected chi connectivity index (χ3v) is 3.91. The highest BCUT2D eigenvalue weighted by molar-refractivity contribution is 5.87. The van der Waals surface area contributed by atoms with Gasteiger partial charge in [0.05, 0.1) is 25.3 Å². The quantitative estimate of drug-likeness (QED) is 0.649. The summed E-state index contributed by atoms with van der Waals surface area (Å²) in [6, 6.07) is 8.65. The van der Waals surface area contributed by atoms with Crippen LogP contribution in [0, 0.1) is 6.92 Å². The number of rotatable bonds is 7. The second-order valence-corrected chi connectivity index (χ2v) is 5.57. The van der Waals surface area contributed by atoms with Crippen molar-refractivity contribution in [1.82, 2.24) is 10.2 Å². The molecule has 26 heavy (non-hydrogen) atoms. The van der Waals surface area contributed by atoms with Gasteiger partial charge < -0.3 is 24.1 Å². The largest absolute Gasteiger partial charge is 0.508 e. The van der Waals surface area contributed by atoms with Crippen LogP contribution in [-0.4, -0.2) is 42.7 Å². The molecule has 0 aliphatic rings. The van der Waals surface area contributed by atoms with Crippen molar-refractivity contribution in [1.29, 1.82) is 0 Å².